The maximum absolute atomic E-state index is 11.4. The molecule has 0 N–H and O–H groups in total. The van der Waals surface area contributed by atoms with Crippen LogP contribution < -0.4 is 0 Å². The molecular formula is C10H9NO3. The van der Waals surface area contributed by atoms with E-state index in [2.05, 4.69) is 4.99 Å². The first-order valence-electron chi connectivity index (χ1n) is 4.31. The second kappa shape index (κ2) is 3.91. The van der Waals surface area contributed by atoms with Crippen molar-refractivity contribution in [3.05, 3.63) is 35.9 Å². The molecule has 0 amide bonds. The quantitative estimate of drug-likeness (QED) is 0.627. The van der Waals surface area contributed by atoms with Gasteiger partial charge in [-0.15, -0.1) is 0 Å². The maximum Gasteiger partial charge on any atom is 0.391 e. The van der Waals surface area contributed by atoms with Crippen LogP contribution in [0.5, 0.6) is 0 Å². The Balaban J connectivity index is 2.03. The summed E-state index contributed by atoms with van der Waals surface area (Å²) >= 11 is 0. The smallest absolute Gasteiger partial charge is 0.391 e. The number of rotatable bonds is 1. The Bertz CT molecular complexity index is 359. The first-order valence-corrected chi connectivity index (χ1v) is 4.31. The highest BCUT2D eigenvalue weighted by molar-refractivity contribution is 5.96. The van der Waals surface area contributed by atoms with Crippen molar-refractivity contribution in [1.29, 1.82) is 0 Å². The molecule has 0 bridgehead atoms. The first-order chi connectivity index (χ1) is 6.86. The Labute approximate surface area is 81.2 Å². The highest BCUT2D eigenvalue weighted by Crippen LogP contribution is 2.04. The Morgan fingerprint density at radius 1 is 1.36 bits per heavy atom. The highest BCUT2D eigenvalue weighted by Gasteiger charge is 2.14. The Morgan fingerprint density at radius 2 is 2.14 bits per heavy atom. The van der Waals surface area contributed by atoms with Crippen LogP contribution >= 0.6 is 0 Å². The van der Waals surface area contributed by atoms with E-state index in [0.717, 1.165) is 0 Å². The van der Waals surface area contributed by atoms with Crippen LogP contribution in [0.2, 0.25) is 0 Å². The fourth-order valence-electron chi connectivity index (χ4n) is 1.09. The number of carbonyl (C=O) groups is 1. The molecule has 0 aliphatic carbocycles. The second-order valence-corrected chi connectivity index (χ2v) is 2.75. The normalized spacial score (nSPS) is 14.4. The molecule has 0 fully saturated rings. The molecule has 1 aromatic rings. The van der Waals surface area contributed by atoms with Crippen molar-refractivity contribution in [3.8, 4) is 0 Å². The van der Waals surface area contributed by atoms with Crippen LogP contribution in [0, 0.1) is 0 Å². The van der Waals surface area contributed by atoms with Crippen molar-refractivity contribution in [3.63, 3.8) is 0 Å². The zero-order valence-electron chi connectivity index (χ0n) is 7.47. The van der Waals surface area contributed by atoms with Gasteiger partial charge in [-0.2, -0.15) is 0 Å². The lowest BCUT2D eigenvalue weighted by molar-refractivity contribution is 0.0653. The van der Waals surface area contributed by atoms with Crippen LogP contribution in [0.1, 0.15) is 10.4 Å². The first kappa shape index (κ1) is 8.74. The molecule has 14 heavy (non-hydrogen) atoms. The molecule has 0 aromatic heterocycles. The van der Waals surface area contributed by atoms with Gasteiger partial charge in [0.15, 0.2) is 0 Å². The van der Waals surface area contributed by atoms with Gasteiger partial charge in [0.05, 0.1) is 12.1 Å². The molecule has 0 spiro atoms. The summed E-state index contributed by atoms with van der Waals surface area (Å²) in [5.41, 5.74) is 0.491. The molecule has 0 atom stereocenters. The van der Waals surface area contributed by atoms with Gasteiger partial charge in [-0.3, -0.25) is 0 Å². The predicted octanol–water partition coefficient (Wildman–Crippen LogP) is 1.23. The largest absolute Gasteiger partial charge is 0.448 e. The van der Waals surface area contributed by atoms with Gasteiger partial charge < -0.3 is 9.47 Å². The van der Waals surface area contributed by atoms with E-state index < -0.39 is 5.97 Å². The minimum Gasteiger partial charge on any atom is -0.448 e. The maximum atomic E-state index is 11.4. The van der Waals surface area contributed by atoms with Crippen molar-refractivity contribution in [2.45, 2.75) is 0 Å². The van der Waals surface area contributed by atoms with E-state index in [0.29, 0.717) is 18.7 Å². The third-order valence-electron chi connectivity index (χ3n) is 1.75. The summed E-state index contributed by atoms with van der Waals surface area (Å²) in [6, 6.07) is 8.73. The van der Waals surface area contributed by atoms with E-state index in [1.807, 2.05) is 6.07 Å². The van der Waals surface area contributed by atoms with Gasteiger partial charge in [0, 0.05) is 0 Å². The fourth-order valence-corrected chi connectivity index (χ4v) is 1.09. The number of carbonyl (C=O) groups excluding carboxylic acids is 1. The summed E-state index contributed by atoms with van der Waals surface area (Å²) in [5.74, 6) is -0.439. The number of benzene rings is 1. The SMILES string of the molecule is O=C(OC1=NCCO1)c1ccccc1. The molecule has 1 heterocycles. The van der Waals surface area contributed by atoms with E-state index in [9.17, 15) is 4.79 Å². The molecule has 1 aliphatic heterocycles. The summed E-state index contributed by atoms with van der Waals surface area (Å²) in [7, 11) is 0. The van der Waals surface area contributed by atoms with Gasteiger partial charge in [0.25, 0.3) is 0 Å². The van der Waals surface area contributed by atoms with E-state index in [-0.39, 0.29) is 6.08 Å². The molecular weight excluding hydrogens is 182 g/mol. The standard InChI is InChI=1S/C10H9NO3/c12-9(8-4-2-1-3-5-8)14-10-11-6-7-13-10/h1-5H,6-7H2. The summed E-state index contributed by atoms with van der Waals surface area (Å²) in [6.45, 7) is 1.04. The van der Waals surface area contributed by atoms with Crippen LogP contribution in [0.4, 0.5) is 0 Å². The lowest BCUT2D eigenvalue weighted by Crippen LogP contribution is -2.12. The topological polar surface area (TPSA) is 47.9 Å². The molecule has 0 saturated carbocycles. The molecule has 72 valence electrons. The van der Waals surface area contributed by atoms with Gasteiger partial charge >= 0.3 is 12.1 Å². The molecule has 0 unspecified atom stereocenters. The molecule has 4 nitrogen and oxygen atoms in total. The van der Waals surface area contributed by atoms with Gasteiger partial charge in [0.2, 0.25) is 0 Å². The van der Waals surface area contributed by atoms with E-state index in [1.165, 1.54) is 0 Å². The number of hydrogen-bond acceptors (Lipinski definition) is 4. The third kappa shape index (κ3) is 1.90. The van der Waals surface area contributed by atoms with Crippen molar-refractivity contribution in [1.82, 2.24) is 0 Å². The van der Waals surface area contributed by atoms with Gasteiger partial charge in [0.1, 0.15) is 6.61 Å². The summed E-state index contributed by atoms with van der Waals surface area (Å²) in [5, 5.41) is 0. The zero-order valence-corrected chi connectivity index (χ0v) is 7.47. The van der Waals surface area contributed by atoms with E-state index in [1.54, 1.807) is 24.3 Å². The van der Waals surface area contributed by atoms with E-state index in [4.69, 9.17) is 9.47 Å². The average Bonchev–Trinajstić information content (AvgIpc) is 2.72. The van der Waals surface area contributed by atoms with Crippen LogP contribution in [0.15, 0.2) is 35.3 Å². The number of esters is 1. The van der Waals surface area contributed by atoms with Gasteiger partial charge in [-0.1, -0.05) is 18.2 Å². The third-order valence-corrected chi connectivity index (χ3v) is 1.75. The molecule has 4 heteroatoms. The van der Waals surface area contributed by atoms with Crippen LogP contribution in [-0.2, 0) is 9.47 Å². The zero-order chi connectivity index (χ0) is 9.80. The fraction of sp³-hybridized carbons (Fsp3) is 0.200. The number of aliphatic imine (C=N–C) groups is 1. The number of ether oxygens (including phenoxy) is 2. The molecule has 2 rings (SSSR count). The lowest BCUT2D eigenvalue weighted by Gasteiger charge is -2.02. The average molecular weight is 191 g/mol. The lowest BCUT2D eigenvalue weighted by atomic mass is 10.2. The van der Waals surface area contributed by atoms with Crippen molar-refractivity contribution < 1.29 is 14.3 Å². The molecule has 1 aliphatic rings. The summed E-state index contributed by atoms with van der Waals surface area (Å²) in [4.78, 5) is 15.3. The Morgan fingerprint density at radius 3 is 2.79 bits per heavy atom. The Kier molecular flexibility index (Phi) is 2.44. The number of nitrogens with zero attached hydrogens (tertiary/aromatic N) is 1. The van der Waals surface area contributed by atoms with E-state index >= 15 is 0 Å². The van der Waals surface area contributed by atoms with Crippen molar-refractivity contribution >= 4 is 12.1 Å². The van der Waals surface area contributed by atoms with Crippen LogP contribution in [0.25, 0.3) is 0 Å². The van der Waals surface area contributed by atoms with Gasteiger partial charge in [-0.25, -0.2) is 9.79 Å². The monoisotopic (exact) mass is 191 g/mol. The second-order valence-electron chi connectivity index (χ2n) is 2.75. The van der Waals surface area contributed by atoms with Crippen LogP contribution in [-0.4, -0.2) is 25.2 Å². The highest BCUT2D eigenvalue weighted by atomic mass is 16.7. The molecule has 0 radical (unpaired) electrons. The number of hydrogen-bond donors (Lipinski definition) is 0. The van der Waals surface area contributed by atoms with Crippen LogP contribution in [0.3, 0.4) is 0 Å². The summed E-state index contributed by atoms with van der Waals surface area (Å²) < 4.78 is 9.84. The minimum absolute atomic E-state index is 0.0684. The van der Waals surface area contributed by atoms with Crippen molar-refractivity contribution in [2.75, 3.05) is 13.2 Å². The minimum atomic E-state index is -0.439. The molecule has 0 saturated heterocycles. The predicted molar refractivity (Wildman–Crippen MR) is 50.1 cm³/mol. The van der Waals surface area contributed by atoms with Gasteiger partial charge in [-0.05, 0) is 12.1 Å². The van der Waals surface area contributed by atoms with Crippen molar-refractivity contribution in [2.24, 2.45) is 4.99 Å². The molecule has 1 aromatic carbocycles. The Hall–Kier alpha value is -1.84. The summed E-state index contributed by atoms with van der Waals surface area (Å²) in [6.07, 6.45) is 0.0684.